The Morgan fingerprint density at radius 1 is 1.00 bits per heavy atom. The fourth-order valence-electron chi connectivity index (χ4n) is 4.78. The molecule has 3 aromatic rings. The van der Waals surface area contributed by atoms with Crippen molar-refractivity contribution in [3.05, 3.63) is 88.7 Å². The molecule has 1 N–H and O–H groups in total. The van der Waals surface area contributed by atoms with E-state index in [2.05, 4.69) is 34.1 Å². The number of para-hydroxylation sites is 1. The average molecular weight is 470 g/mol. The second kappa shape index (κ2) is 9.47. The number of fused-ring (bicyclic) bond motifs is 1. The zero-order chi connectivity index (χ0) is 24.5. The molecule has 0 saturated carbocycles. The lowest BCUT2D eigenvalue weighted by molar-refractivity contribution is 0.101. The third-order valence-corrected chi connectivity index (χ3v) is 6.80. The molecular formula is C29H31N3O3. The Balaban J connectivity index is 1.35. The van der Waals surface area contributed by atoms with Crippen molar-refractivity contribution in [3.8, 4) is 11.5 Å². The van der Waals surface area contributed by atoms with Gasteiger partial charge < -0.3 is 19.6 Å². The molecule has 0 unspecified atom stereocenters. The van der Waals surface area contributed by atoms with E-state index in [0.717, 1.165) is 43.0 Å². The number of nitrogens with zero attached hydrogens (tertiary/aromatic N) is 3. The number of allylic oxidation sites excluding steroid dienone is 1. The summed E-state index contributed by atoms with van der Waals surface area (Å²) in [6, 6.07) is 20.1. The predicted octanol–water partition coefficient (Wildman–Crippen LogP) is 4.71. The molecule has 0 aliphatic carbocycles. The molecule has 3 aromatic carbocycles. The summed E-state index contributed by atoms with van der Waals surface area (Å²) in [5.74, 6) is 0.830. The average Bonchev–Trinajstić information content (AvgIpc) is 3.19. The van der Waals surface area contributed by atoms with E-state index in [9.17, 15) is 9.90 Å². The third-order valence-electron chi connectivity index (χ3n) is 6.80. The van der Waals surface area contributed by atoms with Crippen LogP contribution in [-0.2, 0) is 6.54 Å². The number of carbonyl (C=O) groups excluding carboxylic acids is 1. The molecule has 6 nitrogen and oxygen atoms in total. The van der Waals surface area contributed by atoms with Crippen LogP contribution in [-0.4, -0.2) is 56.1 Å². The van der Waals surface area contributed by atoms with Gasteiger partial charge in [-0.3, -0.25) is 9.69 Å². The van der Waals surface area contributed by atoms with Crippen LogP contribution in [0.2, 0.25) is 0 Å². The summed E-state index contributed by atoms with van der Waals surface area (Å²) in [6.07, 6.45) is 1.78. The number of Topliss-reactive ketones (excluding diaryl/α,β-unsaturated/α-hetero) is 1. The zero-order valence-corrected chi connectivity index (χ0v) is 20.5. The lowest BCUT2D eigenvalue weighted by Crippen LogP contribution is -2.46. The molecular weight excluding hydrogens is 438 g/mol. The molecule has 5 rings (SSSR count). The number of phenols is 1. The van der Waals surface area contributed by atoms with Crippen LogP contribution in [0.4, 0.5) is 11.4 Å². The maximum absolute atomic E-state index is 13.2. The van der Waals surface area contributed by atoms with E-state index in [1.807, 2.05) is 56.3 Å². The molecule has 35 heavy (non-hydrogen) atoms. The van der Waals surface area contributed by atoms with Crippen LogP contribution in [0.15, 0.2) is 66.4 Å². The van der Waals surface area contributed by atoms with E-state index in [1.165, 1.54) is 5.69 Å². The maximum atomic E-state index is 13.2. The predicted molar refractivity (Wildman–Crippen MR) is 140 cm³/mol. The van der Waals surface area contributed by atoms with Gasteiger partial charge in [0.15, 0.2) is 5.76 Å². The fraction of sp³-hybridized carbons (Fsp3) is 0.276. The van der Waals surface area contributed by atoms with Crippen molar-refractivity contribution in [3.63, 3.8) is 0 Å². The zero-order valence-electron chi connectivity index (χ0n) is 20.5. The molecule has 2 heterocycles. The first-order valence-corrected chi connectivity index (χ1v) is 12.0. The molecule has 0 amide bonds. The van der Waals surface area contributed by atoms with Crippen molar-refractivity contribution in [2.24, 2.45) is 0 Å². The number of rotatable bonds is 5. The van der Waals surface area contributed by atoms with E-state index in [4.69, 9.17) is 4.74 Å². The minimum Gasteiger partial charge on any atom is -0.507 e. The molecule has 1 saturated heterocycles. The monoisotopic (exact) mass is 469 g/mol. The summed E-state index contributed by atoms with van der Waals surface area (Å²) in [4.78, 5) is 20.0. The quantitative estimate of drug-likeness (QED) is 0.547. The Morgan fingerprint density at radius 2 is 1.69 bits per heavy atom. The minimum atomic E-state index is -0.135. The lowest BCUT2D eigenvalue weighted by Gasteiger charge is -2.36. The highest BCUT2D eigenvalue weighted by atomic mass is 16.5. The molecule has 6 heteroatoms. The first kappa shape index (κ1) is 23.0. The number of carbonyl (C=O) groups is 1. The van der Waals surface area contributed by atoms with E-state index in [-0.39, 0.29) is 11.5 Å². The van der Waals surface area contributed by atoms with Crippen molar-refractivity contribution in [1.82, 2.24) is 4.90 Å². The number of piperazine rings is 1. The molecule has 0 spiro atoms. The molecule has 0 bridgehead atoms. The summed E-state index contributed by atoms with van der Waals surface area (Å²) in [5.41, 5.74) is 5.17. The normalized spacial score (nSPS) is 16.9. The Labute approximate surface area is 206 Å². The number of phenolic OH excluding ortho intramolecular Hbond substituents is 1. The van der Waals surface area contributed by atoms with Gasteiger partial charge in [0.1, 0.15) is 11.5 Å². The molecule has 0 aromatic heterocycles. The third kappa shape index (κ3) is 4.62. The Morgan fingerprint density at radius 3 is 2.34 bits per heavy atom. The standard InChI is InChI=1S/C29H31N3O3/c1-20-17-25(33)24(19-31-13-15-32(16-14-31)23-7-5-4-6-8-23)29-27(20)28(34)26(35-29)18-21-9-11-22(12-10-21)30(2)3/h4-12,17-18,33H,13-16,19H2,1-3H3/b26-18+. The Bertz CT molecular complexity index is 1260. The molecule has 1 fully saturated rings. The number of ether oxygens (including phenoxy) is 1. The first-order chi connectivity index (χ1) is 16.9. The number of benzene rings is 3. The summed E-state index contributed by atoms with van der Waals surface area (Å²) < 4.78 is 6.13. The number of hydrogen-bond acceptors (Lipinski definition) is 6. The SMILES string of the molecule is Cc1cc(O)c(CN2CCN(c3ccccc3)CC2)c2c1C(=O)/C(=C\c1ccc(N(C)C)cc1)O2. The number of anilines is 2. The molecule has 180 valence electrons. The van der Waals surface area contributed by atoms with Gasteiger partial charge in [-0.1, -0.05) is 30.3 Å². The van der Waals surface area contributed by atoms with Gasteiger partial charge in [-0.05, 0) is 54.5 Å². The molecule has 0 atom stereocenters. The van der Waals surface area contributed by atoms with Crippen molar-refractivity contribution in [2.75, 3.05) is 50.1 Å². The summed E-state index contributed by atoms with van der Waals surface area (Å²) in [6.45, 7) is 5.93. The van der Waals surface area contributed by atoms with E-state index >= 15 is 0 Å². The Kier molecular flexibility index (Phi) is 6.22. The molecule has 2 aliphatic heterocycles. The highest BCUT2D eigenvalue weighted by Crippen LogP contribution is 2.42. The van der Waals surface area contributed by atoms with Gasteiger partial charge in [0.2, 0.25) is 5.78 Å². The second-order valence-electron chi connectivity index (χ2n) is 9.42. The largest absolute Gasteiger partial charge is 0.507 e. The number of aromatic hydroxyl groups is 1. The highest BCUT2D eigenvalue weighted by Gasteiger charge is 2.34. The van der Waals surface area contributed by atoms with Crippen molar-refractivity contribution in [2.45, 2.75) is 13.5 Å². The summed E-state index contributed by atoms with van der Waals surface area (Å²) in [7, 11) is 3.98. The minimum absolute atomic E-state index is 0.135. The van der Waals surface area contributed by atoms with Crippen LogP contribution in [0, 0.1) is 6.92 Å². The van der Waals surface area contributed by atoms with Gasteiger partial charge in [-0.25, -0.2) is 0 Å². The van der Waals surface area contributed by atoms with Gasteiger partial charge >= 0.3 is 0 Å². The van der Waals surface area contributed by atoms with Crippen molar-refractivity contribution >= 4 is 23.2 Å². The van der Waals surface area contributed by atoms with Crippen LogP contribution in [0.1, 0.15) is 27.0 Å². The van der Waals surface area contributed by atoms with Crippen LogP contribution >= 0.6 is 0 Å². The van der Waals surface area contributed by atoms with Crippen LogP contribution in [0.3, 0.4) is 0 Å². The molecule has 0 radical (unpaired) electrons. The second-order valence-corrected chi connectivity index (χ2v) is 9.42. The highest BCUT2D eigenvalue weighted by molar-refractivity contribution is 6.15. The first-order valence-electron chi connectivity index (χ1n) is 12.0. The Hall–Kier alpha value is -3.77. The smallest absolute Gasteiger partial charge is 0.232 e. The molecule has 2 aliphatic rings. The van der Waals surface area contributed by atoms with E-state index in [0.29, 0.717) is 29.2 Å². The number of ketones is 1. The van der Waals surface area contributed by atoms with Gasteiger partial charge in [-0.15, -0.1) is 0 Å². The van der Waals surface area contributed by atoms with Gasteiger partial charge in [-0.2, -0.15) is 0 Å². The van der Waals surface area contributed by atoms with E-state index in [1.54, 1.807) is 12.1 Å². The van der Waals surface area contributed by atoms with Gasteiger partial charge in [0.05, 0.1) is 11.1 Å². The lowest BCUT2D eigenvalue weighted by atomic mass is 9.99. The van der Waals surface area contributed by atoms with E-state index < -0.39 is 0 Å². The number of aryl methyl sites for hydroxylation is 1. The fourth-order valence-corrected chi connectivity index (χ4v) is 4.78. The van der Waals surface area contributed by atoms with Crippen molar-refractivity contribution in [1.29, 1.82) is 0 Å². The van der Waals surface area contributed by atoms with Gasteiger partial charge in [0.25, 0.3) is 0 Å². The van der Waals surface area contributed by atoms with Crippen molar-refractivity contribution < 1.29 is 14.6 Å². The van der Waals surface area contributed by atoms with Crippen LogP contribution < -0.4 is 14.5 Å². The van der Waals surface area contributed by atoms with Gasteiger partial charge in [0, 0.05) is 58.2 Å². The summed E-state index contributed by atoms with van der Waals surface area (Å²) >= 11 is 0. The summed E-state index contributed by atoms with van der Waals surface area (Å²) in [5, 5.41) is 10.8. The van der Waals surface area contributed by atoms with Crippen LogP contribution in [0.5, 0.6) is 11.5 Å². The maximum Gasteiger partial charge on any atom is 0.232 e. The topological polar surface area (TPSA) is 56.2 Å². The number of hydrogen-bond donors (Lipinski definition) is 1. The van der Waals surface area contributed by atoms with Crippen LogP contribution in [0.25, 0.3) is 6.08 Å².